The number of carbonyl (C=O) groups is 3. The van der Waals surface area contributed by atoms with Gasteiger partial charge < -0.3 is 16.0 Å². The summed E-state index contributed by atoms with van der Waals surface area (Å²) in [6.07, 6.45) is 4.85. The second-order valence-electron chi connectivity index (χ2n) is 7.43. The summed E-state index contributed by atoms with van der Waals surface area (Å²) in [5.41, 5.74) is 9.16. The molecule has 4 N–H and O–H groups in total. The van der Waals surface area contributed by atoms with Gasteiger partial charge in [-0.3, -0.25) is 14.4 Å². The van der Waals surface area contributed by atoms with Crippen LogP contribution in [0.5, 0.6) is 0 Å². The van der Waals surface area contributed by atoms with E-state index in [-0.39, 0.29) is 18.2 Å². The van der Waals surface area contributed by atoms with Crippen LogP contribution in [0.15, 0.2) is 48.8 Å². The summed E-state index contributed by atoms with van der Waals surface area (Å²) in [6, 6.07) is 11.8. The molecule has 0 saturated heterocycles. The maximum absolute atomic E-state index is 12.1. The Balaban J connectivity index is 1.87. The van der Waals surface area contributed by atoms with Crippen molar-refractivity contribution < 1.29 is 19.0 Å². The number of aromatic nitrogens is 2. The minimum Gasteiger partial charge on any atom is -0.364 e. The summed E-state index contributed by atoms with van der Waals surface area (Å²) in [4.78, 5) is 38.9. The Morgan fingerprint density at radius 1 is 1.17 bits per heavy atom. The number of benzene rings is 1. The topological polar surface area (TPSA) is 109 Å². The fourth-order valence-corrected chi connectivity index (χ4v) is 3.45. The van der Waals surface area contributed by atoms with E-state index in [9.17, 15) is 14.4 Å². The lowest BCUT2D eigenvalue weighted by molar-refractivity contribution is -0.683. The van der Waals surface area contributed by atoms with E-state index >= 15 is 0 Å². The maximum Gasteiger partial charge on any atom is 0.287 e. The lowest BCUT2D eigenvalue weighted by atomic mass is 10.0. The number of Topliss-reactive ketones (excluding diaryl/α,β-unsaturated/α-hetero) is 1. The third kappa shape index (κ3) is 4.74. The van der Waals surface area contributed by atoms with E-state index < -0.39 is 11.8 Å². The van der Waals surface area contributed by atoms with Crippen LogP contribution in [0.1, 0.15) is 25.8 Å². The molecule has 30 heavy (non-hydrogen) atoms. The van der Waals surface area contributed by atoms with Crippen LogP contribution in [0.4, 0.5) is 0 Å². The molecule has 0 unspecified atom stereocenters. The lowest BCUT2D eigenvalue weighted by Gasteiger charge is -2.09. The number of pyridine rings is 1. The highest BCUT2D eigenvalue weighted by atomic mass is 16.2. The van der Waals surface area contributed by atoms with Crippen LogP contribution in [-0.2, 0) is 27.3 Å². The van der Waals surface area contributed by atoms with Crippen molar-refractivity contribution in [3.05, 3.63) is 54.4 Å². The first-order chi connectivity index (χ1) is 14.4. The van der Waals surface area contributed by atoms with Crippen molar-refractivity contribution in [1.29, 1.82) is 0 Å². The van der Waals surface area contributed by atoms with Crippen LogP contribution in [0.2, 0.25) is 0 Å². The van der Waals surface area contributed by atoms with Crippen molar-refractivity contribution in [3.8, 4) is 11.3 Å². The molecule has 0 radical (unpaired) electrons. The molecule has 1 aromatic carbocycles. The number of primary amides is 1. The van der Waals surface area contributed by atoms with Crippen LogP contribution in [0, 0.1) is 5.92 Å². The Labute approximate surface area is 175 Å². The van der Waals surface area contributed by atoms with Gasteiger partial charge in [-0.2, -0.15) is 4.57 Å². The van der Waals surface area contributed by atoms with Crippen molar-refractivity contribution in [3.63, 3.8) is 0 Å². The summed E-state index contributed by atoms with van der Waals surface area (Å²) in [6.45, 7) is 4.09. The van der Waals surface area contributed by atoms with Crippen molar-refractivity contribution in [2.24, 2.45) is 11.7 Å². The molecular weight excluding hydrogens is 380 g/mol. The van der Waals surface area contributed by atoms with Crippen molar-refractivity contribution >= 4 is 28.5 Å². The van der Waals surface area contributed by atoms with Crippen LogP contribution < -0.4 is 15.6 Å². The van der Waals surface area contributed by atoms with Crippen molar-refractivity contribution in [1.82, 2.24) is 10.3 Å². The SMILES string of the molecule is CC[C@@H](C)C(=O)C(=O)NCCc1c(-c2ccc[n+](CC(N)=O)c2)[nH]c2ccccc12. The molecule has 0 bridgehead atoms. The van der Waals surface area contributed by atoms with Crippen LogP contribution >= 0.6 is 0 Å². The minimum absolute atomic E-state index is 0.0944. The third-order valence-electron chi connectivity index (χ3n) is 5.24. The third-order valence-corrected chi connectivity index (χ3v) is 5.24. The van der Waals surface area contributed by atoms with Crippen LogP contribution in [0.3, 0.4) is 0 Å². The molecule has 3 rings (SSSR count). The molecule has 0 spiro atoms. The van der Waals surface area contributed by atoms with Gasteiger partial charge in [0.2, 0.25) is 12.3 Å². The van der Waals surface area contributed by atoms with Crippen molar-refractivity contribution in [2.75, 3.05) is 6.54 Å². The maximum atomic E-state index is 12.1. The normalized spacial score (nSPS) is 11.9. The summed E-state index contributed by atoms with van der Waals surface area (Å²) in [7, 11) is 0. The number of nitrogens with one attached hydrogen (secondary N) is 2. The van der Waals surface area contributed by atoms with E-state index in [2.05, 4.69) is 10.3 Å². The predicted octanol–water partition coefficient (Wildman–Crippen LogP) is 1.88. The molecule has 7 heteroatoms. The molecule has 3 aromatic rings. The summed E-state index contributed by atoms with van der Waals surface area (Å²) in [5.74, 6) is -1.61. The Morgan fingerprint density at radius 2 is 1.93 bits per heavy atom. The molecule has 0 aliphatic heterocycles. The van der Waals surface area contributed by atoms with Gasteiger partial charge in [0.25, 0.3) is 11.8 Å². The standard InChI is InChI=1S/C23H26N4O3/c1-3-15(2)22(29)23(30)25-11-10-18-17-8-4-5-9-19(17)26-21(18)16-7-6-12-27(13-16)14-20(24)28/h4-9,12-13,15,26H,3,10-11,14H2,1-2H3,(H2-,24,25,28,30)/p+1/t15-/m1/s1. The number of ketones is 1. The van der Waals surface area contributed by atoms with Gasteiger partial charge in [0.1, 0.15) is 0 Å². The largest absolute Gasteiger partial charge is 0.364 e. The van der Waals surface area contributed by atoms with Gasteiger partial charge >= 0.3 is 0 Å². The molecule has 1 atom stereocenters. The molecule has 0 aliphatic carbocycles. The minimum atomic E-state index is -0.537. The number of hydrogen-bond acceptors (Lipinski definition) is 3. The first-order valence-electron chi connectivity index (χ1n) is 10.1. The Kier molecular flexibility index (Phi) is 6.61. The monoisotopic (exact) mass is 407 g/mol. The number of hydrogen-bond donors (Lipinski definition) is 3. The molecular formula is C23H27N4O3+. The number of aromatic amines is 1. The van der Waals surface area contributed by atoms with E-state index in [1.165, 1.54) is 0 Å². The van der Waals surface area contributed by atoms with Crippen molar-refractivity contribution in [2.45, 2.75) is 33.2 Å². The van der Waals surface area contributed by atoms with E-state index in [0.29, 0.717) is 19.4 Å². The van der Waals surface area contributed by atoms with Gasteiger partial charge in [0, 0.05) is 29.4 Å². The first-order valence-corrected chi connectivity index (χ1v) is 10.1. The molecule has 156 valence electrons. The van der Waals surface area contributed by atoms with E-state index in [4.69, 9.17) is 5.73 Å². The first kappa shape index (κ1) is 21.2. The highest BCUT2D eigenvalue weighted by Crippen LogP contribution is 2.30. The fourth-order valence-electron chi connectivity index (χ4n) is 3.45. The van der Waals surface area contributed by atoms with Gasteiger partial charge in [-0.1, -0.05) is 32.0 Å². The Hall–Kier alpha value is -3.48. The van der Waals surface area contributed by atoms with E-state index in [1.807, 2.05) is 49.5 Å². The fraction of sp³-hybridized carbons (Fsp3) is 0.304. The number of para-hydroxylation sites is 1. The zero-order chi connectivity index (χ0) is 21.7. The van der Waals surface area contributed by atoms with Gasteiger partial charge in [-0.05, 0) is 30.5 Å². The van der Waals surface area contributed by atoms with Gasteiger partial charge in [-0.25, -0.2) is 0 Å². The average Bonchev–Trinajstić information content (AvgIpc) is 3.11. The smallest absolute Gasteiger partial charge is 0.287 e. The van der Waals surface area contributed by atoms with E-state index in [1.54, 1.807) is 17.7 Å². The van der Waals surface area contributed by atoms with Gasteiger partial charge in [-0.15, -0.1) is 0 Å². The number of nitrogens with zero attached hydrogens (tertiary/aromatic N) is 1. The number of amides is 2. The average molecular weight is 407 g/mol. The number of carbonyl (C=O) groups excluding carboxylic acids is 3. The zero-order valence-corrected chi connectivity index (χ0v) is 17.3. The number of H-pyrrole nitrogens is 1. The molecule has 2 aromatic heterocycles. The number of rotatable bonds is 9. The Bertz CT molecular complexity index is 1090. The van der Waals surface area contributed by atoms with E-state index in [0.717, 1.165) is 27.7 Å². The van der Waals surface area contributed by atoms with Gasteiger partial charge in [0.05, 0.1) is 11.3 Å². The number of nitrogens with two attached hydrogens (primary N) is 1. The summed E-state index contributed by atoms with van der Waals surface area (Å²) in [5, 5.41) is 3.80. The molecule has 7 nitrogen and oxygen atoms in total. The lowest BCUT2D eigenvalue weighted by Crippen LogP contribution is -2.40. The summed E-state index contributed by atoms with van der Waals surface area (Å²) >= 11 is 0. The predicted molar refractivity (Wildman–Crippen MR) is 114 cm³/mol. The Morgan fingerprint density at radius 3 is 2.67 bits per heavy atom. The highest BCUT2D eigenvalue weighted by Gasteiger charge is 2.20. The highest BCUT2D eigenvalue weighted by molar-refractivity contribution is 6.36. The van der Waals surface area contributed by atoms with Crippen LogP contribution in [0.25, 0.3) is 22.2 Å². The molecule has 0 fully saturated rings. The molecule has 0 saturated carbocycles. The van der Waals surface area contributed by atoms with Gasteiger partial charge in [0.15, 0.2) is 12.4 Å². The summed E-state index contributed by atoms with van der Waals surface area (Å²) < 4.78 is 1.74. The second-order valence-corrected chi connectivity index (χ2v) is 7.43. The molecule has 2 amide bonds. The van der Waals surface area contributed by atoms with Crippen LogP contribution in [-0.4, -0.2) is 29.1 Å². The number of fused-ring (bicyclic) bond motifs is 1. The zero-order valence-electron chi connectivity index (χ0n) is 17.3. The second kappa shape index (κ2) is 9.35. The quantitative estimate of drug-likeness (QED) is 0.372. The molecule has 0 aliphatic rings. The molecule has 2 heterocycles.